The average Bonchev–Trinajstić information content (AvgIpc) is 2.18. The predicted molar refractivity (Wildman–Crippen MR) is 70.1 cm³/mol. The molecule has 3 nitrogen and oxygen atoms in total. The van der Waals surface area contributed by atoms with Crippen LogP contribution in [0.3, 0.4) is 0 Å². The molecule has 0 bridgehead atoms. The number of aliphatic hydroxyl groups excluding tert-OH is 1. The highest BCUT2D eigenvalue weighted by Crippen LogP contribution is 1.81. The van der Waals surface area contributed by atoms with Crippen molar-refractivity contribution < 1.29 is 5.11 Å². The fourth-order valence-electron chi connectivity index (χ4n) is 0.834. The summed E-state index contributed by atoms with van der Waals surface area (Å²) < 4.78 is 0.425. The lowest BCUT2D eigenvalue weighted by atomic mass is 10.5. The van der Waals surface area contributed by atoms with Crippen LogP contribution in [0.15, 0.2) is 0 Å². The van der Waals surface area contributed by atoms with Gasteiger partial charge in [-0.25, -0.2) is 0 Å². The Kier molecular flexibility index (Phi) is 15.6. The first-order valence-corrected chi connectivity index (χ1v) is 5.77. The molecule has 0 aliphatic carbocycles. The van der Waals surface area contributed by atoms with Gasteiger partial charge in [0.25, 0.3) is 0 Å². The van der Waals surface area contributed by atoms with Crippen LogP contribution in [-0.2, 0) is 0 Å². The first kappa shape index (κ1) is 16.6. The Morgan fingerprint density at radius 1 is 1.29 bits per heavy atom. The van der Waals surface area contributed by atoms with Crippen molar-refractivity contribution in [1.29, 1.82) is 0 Å². The molecule has 0 aromatic carbocycles. The largest absolute Gasteiger partial charge is 0.395 e. The van der Waals surface area contributed by atoms with Crippen LogP contribution in [0.1, 0.15) is 20.8 Å². The molecule has 0 atom stereocenters. The molecular formula is C9H22N2OS2. The standard InChI is InChI=1S/C6H15N.C3H7NOS2/c1-4-7(5-2)6-3;5-2-1-4-3(6)7/h4-6H2,1-3H3;5H,1-2H2,(H2,4,6,7). The first-order chi connectivity index (χ1) is 6.62. The average molecular weight is 238 g/mol. The fraction of sp³-hybridized carbons (Fsp3) is 0.889. The zero-order chi connectivity index (χ0) is 11.4. The minimum atomic E-state index is 0.0979. The number of aliphatic hydroxyl groups is 1. The SMILES string of the molecule is CCN(CC)CC.OCCNC(=S)S. The topological polar surface area (TPSA) is 35.5 Å². The summed E-state index contributed by atoms with van der Waals surface area (Å²) in [5, 5.41) is 10.8. The quantitative estimate of drug-likeness (QED) is 0.496. The van der Waals surface area contributed by atoms with E-state index in [1.165, 1.54) is 19.6 Å². The van der Waals surface area contributed by atoms with Crippen LogP contribution >= 0.6 is 24.8 Å². The zero-order valence-electron chi connectivity index (χ0n) is 9.29. The van der Waals surface area contributed by atoms with Gasteiger partial charge in [-0.15, -0.1) is 12.6 Å². The van der Waals surface area contributed by atoms with Crippen molar-refractivity contribution in [3.8, 4) is 0 Å². The van der Waals surface area contributed by atoms with Crippen LogP contribution < -0.4 is 5.32 Å². The number of nitrogens with one attached hydrogen (secondary N) is 1. The van der Waals surface area contributed by atoms with E-state index in [2.05, 4.69) is 55.8 Å². The van der Waals surface area contributed by atoms with Crippen molar-refractivity contribution >= 4 is 29.2 Å². The van der Waals surface area contributed by atoms with Gasteiger partial charge in [-0.05, 0) is 19.6 Å². The van der Waals surface area contributed by atoms with Crippen LogP contribution in [0.4, 0.5) is 0 Å². The van der Waals surface area contributed by atoms with Crippen molar-refractivity contribution in [3.05, 3.63) is 0 Å². The predicted octanol–water partition coefficient (Wildman–Crippen LogP) is 1.13. The van der Waals surface area contributed by atoms with Crippen molar-refractivity contribution in [2.75, 3.05) is 32.8 Å². The number of thiocarbonyl (C=S) groups is 1. The molecule has 0 heterocycles. The molecule has 86 valence electrons. The summed E-state index contributed by atoms with van der Waals surface area (Å²) in [6.45, 7) is 10.7. The molecule has 0 aliphatic rings. The molecule has 5 heteroatoms. The van der Waals surface area contributed by atoms with Gasteiger partial charge in [0, 0.05) is 6.54 Å². The van der Waals surface area contributed by atoms with Crippen LogP contribution in [-0.4, -0.2) is 47.1 Å². The highest BCUT2D eigenvalue weighted by Gasteiger charge is 1.89. The minimum Gasteiger partial charge on any atom is -0.395 e. The Morgan fingerprint density at radius 3 is 1.79 bits per heavy atom. The van der Waals surface area contributed by atoms with Crippen LogP contribution in [0.5, 0.6) is 0 Å². The highest BCUT2D eigenvalue weighted by atomic mass is 32.1. The molecule has 0 aromatic heterocycles. The molecule has 0 fully saturated rings. The Morgan fingerprint density at radius 2 is 1.71 bits per heavy atom. The molecule has 0 saturated heterocycles. The van der Waals surface area contributed by atoms with Crippen molar-refractivity contribution in [1.82, 2.24) is 10.2 Å². The third-order valence-electron chi connectivity index (χ3n) is 1.73. The lowest BCUT2D eigenvalue weighted by molar-refractivity contribution is 0.301. The van der Waals surface area contributed by atoms with Gasteiger partial charge in [0.1, 0.15) is 4.32 Å². The van der Waals surface area contributed by atoms with Gasteiger partial charge in [-0.2, -0.15) is 0 Å². The normalized spacial score (nSPS) is 9.29. The first-order valence-electron chi connectivity index (χ1n) is 4.92. The number of hydrogen-bond acceptors (Lipinski definition) is 3. The van der Waals surface area contributed by atoms with E-state index in [1.54, 1.807) is 0 Å². The van der Waals surface area contributed by atoms with E-state index >= 15 is 0 Å². The number of hydrogen-bond donors (Lipinski definition) is 3. The Hall–Kier alpha value is 0.160. The van der Waals surface area contributed by atoms with E-state index < -0.39 is 0 Å². The van der Waals surface area contributed by atoms with Crippen LogP contribution in [0, 0.1) is 0 Å². The molecule has 0 aromatic rings. The summed E-state index contributed by atoms with van der Waals surface area (Å²) in [6, 6.07) is 0. The molecule has 0 unspecified atom stereocenters. The third-order valence-corrected chi connectivity index (χ3v) is 2.03. The van der Waals surface area contributed by atoms with Gasteiger partial charge in [0.15, 0.2) is 0 Å². The number of thiol groups is 1. The summed E-state index contributed by atoms with van der Waals surface area (Å²) in [4.78, 5) is 2.38. The lowest BCUT2D eigenvalue weighted by Gasteiger charge is -2.13. The molecule has 0 spiro atoms. The Bertz CT molecular complexity index is 124. The van der Waals surface area contributed by atoms with E-state index in [4.69, 9.17) is 5.11 Å². The molecule has 0 radical (unpaired) electrons. The maximum absolute atomic E-state index is 8.16. The smallest absolute Gasteiger partial charge is 0.130 e. The monoisotopic (exact) mass is 238 g/mol. The zero-order valence-corrected chi connectivity index (χ0v) is 11.0. The molecule has 0 amide bonds. The van der Waals surface area contributed by atoms with E-state index in [-0.39, 0.29) is 6.61 Å². The van der Waals surface area contributed by atoms with Crippen molar-refractivity contribution in [2.45, 2.75) is 20.8 Å². The van der Waals surface area contributed by atoms with E-state index in [1.807, 2.05) is 0 Å². The van der Waals surface area contributed by atoms with Gasteiger partial charge < -0.3 is 15.3 Å². The van der Waals surface area contributed by atoms with E-state index in [0.717, 1.165) is 0 Å². The molecular weight excluding hydrogens is 216 g/mol. The second kappa shape index (κ2) is 13.2. The maximum Gasteiger partial charge on any atom is 0.130 e. The molecule has 0 aliphatic heterocycles. The van der Waals surface area contributed by atoms with E-state index in [9.17, 15) is 0 Å². The third kappa shape index (κ3) is 14.7. The van der Waals surface area contributed by atoms with Crippen molar-refractivity contribution in [3.63, 3.8) is 0 Å². The highest BCUT2D eigenvalue weighted by molar-refractivity contribution is 8.11. The van der Waals surface area contributed by atoms with Gasteiger partial charge >= 0.3 is 0 Å². The van der Waals surface area contributed by atoms with Crippen molar-refractivity contribution in [2.24, 2.45) is 0 Å². The fourth-order valence-corrected chi connectivity index (χ4v) is 1.05. The van der Waals surface area contributed by atoms with E-state index in [0.29, 0.717) is 10.9 Å². The summed E-state index contributed by atoms with van der Waals surface area (Å²) in [5.41, 5.74) is 0. The van der Waals surface area contributed by atoms with Gasteiger partial charge in [-0.1, -0.05) is 33.0 Å². The van der Waals surface area contributed by atoms with Crippen LogP contribution in [0.2, 0.25) is 0 Å². The maximum atomic E-state index is 8.16. The molecule has 0 rings (SSSR count). The Balaban J connectivity index is 0. The summed E-state index contributed by atoms with van der Waals surface area (Å²) in [7, 11) is 0. The Labute approximate surface area is 98.3 Å². The molecule has 14 heavy (non-hydrogen) atoms. The second-order valence-corrected chi connectivity index (χ2v) is 3.73. The summed E-state index contributed by atoms with van der Waals surface area (Å²) >= 11 is 8.24. The van der Waals surface area contributed by atoms with Gasteiger partial charge in [-0.3, -0.25) is 0 Å². The van der Waals surface area contributed by atoms with Gasteiger partial charge in [0.05, 0.1) is 6.61 Å². The van der Waals surface area contributed by atoms with Crippen LogP contribution in [0.25, 0.3) is 0 Å². The second-order valence-electron chi connectivity index (χ2n) is 2.58. The summed E-state index contributed by atoms with van der Waals surface area (Å²) in [6.07, 6.45) is 0. The van der Waals surface area contributed by atoms with Gasteiger partial charge in [0.2, 0.25) is 0 Å². The summed E-state index contributed by atoms with van der Waals surface area (Å²) in [5.74, 6) is 0. The molecule has 2 N–H and O–H groups in total. The molecule has 0 saturated carbocycles. The number of nitrogens with zero attached hydrogens (tertiary/aromatic N) is 1. The number of rotatable bonds is 5. The minimum absolute atomic E-state index is 0.0979. The lowest BCUT2D eigenvalue weighted by Crippen LogP contribution is -2.21.